The Kier molecular flexibility index (Phi) is 9.61. The van der Waals surface area contributed by atoms with Gasteiger partial charge in [0.25, 0.3) is 0 Å². The van der Waals surface area contributed by atoms with E-state index in [1.54, 1.807) is 7.11 Å². The molecular weight excluding hydrogens is 538 g/mol. The summed E-state index contributed by atoms with van der Waals surface area (Å²) in [5.74, 6) is 1.30. The standard InChI is InChI=1S/C25H35ClF2N6O3S/c1-37-23-12-17-8-10-34(18(13-27)14-28)9-7-16(17)11-22(23)31-25-29-15-19(26)24(32-25)30-20-5-3-4-6-21(20)33-38(2,35)36/h11-12,15,18,20-21,33H,3-10,13-14H2,1-2H3,(H2,29,30,31,32)/t20-,21-/m1/s1. The number of hydrogen-bond acceptors (Lipinski definition) is 8. The SMILES string of the molecule is COc1cc2c(cc1Nc1ncc(Cl)c(N[C@@H]3CCCC[C@H]3NS(C)(=O)=O)n1)CCN(C(CF)CF)CC2. The number of fused-ring (bicyclic) bond motifs is 1. The summed E-state index contributed by atoms with van der Waals surface area (Å²) in [7, 11) is -1.78. The van der Waals surface area contributed by atoms with Crippen LogP contribution in [0, 0.1) is 0 Å². The fraction of sp³-hybridized carbons (Fsp3) is 0.600. The van der Waals surface area contributed by atoms with Gasteiger partial charge >= 0.3 is 0 Å². The van der Waals surface area contributed by atoms with Gasteiger partial charge in [0, 0.05) is 25.2 Å². The average molecular weight is 573 g/mol. The Morgan fingerprint density at radius 1 is 1.13 bits per heavy atom. The highest BCUT2D eigenvalue weighted by molar-refractivity contribution is 7.88. The molecule has 0 radical (unpaired) electrons. The van der Waals surface area contributed by atoms with Crippen LogP contribution in [0.5, 0.6) is 5.75 Å². The molecule has 0 unspecified atom stereocenters. The number of alkyl halides is 2. The maximum absolute atomic E-state index is 13.3. The van der Waals surface area contributed by atoms with E-state index >= 15 is 0 Å². The molecule has 2 heterocycles. The van der Waals surface area contributed by atoms with Gasteiger partial charge in [-0.15, -0.1) is 0 Å². The maximum Gasteiger partial charge on any atom is 0.229 e. The van der Waals surface area contributed by atoms with Gasteiger partial charge in [-0.1, -0.05) is 24.4 Å². The van der Waals surface area contributed by atoms with Gasteiger partial charge in [0.15, 0.2) is 5.82 Å². The van der Waals surface area contributed by atoms with Crippen molar-refractivity contribution in [2.45, 2.75) is 56.7 Å². The Bertz CT molecular complexity index is 1220. The van der Waals surface area contributed by atoms with Crippen molar-refractivity contribution in [3.8, 4) is 5.75 Å². The highest BCUT2D eigenvalue weighted by Gasteiger charge is 2.28. The van der Waals surface area contributed by atoms with E-state index in [0.29, 0.717) is 54.2 Å². The fourth-order valence-electron chi connectivity index (χ4n) is 5.18. The predicted octanol–water partition coefficient (Wildman–Crippen LogP) is 3.86. The van der Waals surface area contributed by atoms with Crippen LogP contribution in [-0.2, 0) is 22.9 Å². The molecule has 38 heavy (non-hydrogen) atoms. The van der Waals surface area contributed by atoms with Crippen molar-refractivity contribution in [3.05, 3.63) is 34.5 Å². The number of ether oxygens (including phenoxy) is 1. The number of benzene rings is 1. The normalized spacial score (nSPS) is 20.6. The second kappa shape index (κ2) is 12.7. The first-order valence-corrected chi connectivity index (χ1v) is 15.1. The summed E-state index contributed by atoms with van der Waals surface area (Å²) in [6.07, 6.45) is 7.36. The number of halogens is 3. The molecule has 1 aliphatic carbocycles. The number of methoxy groups -OCH3 is 1. The van der Waals surface area contributed by atoms with Crippen LogP contribution in [0.1, 0.15) is 36.8 Å². The van der Waals surface area contributed by atoms with Crippen molar-refractivity contribution in [2.24, 2.45) is 0 Å². The van der Waals surface area contributed by atoms with Crippen molar-refractivity contribution in [1.82, 2.24) is 19.6 Å². The Morgan fingerprint density at radius 3 is 2.42 bits per heavy atom. The number of nitrogens with zero attached hydrogens (tertiary/aromatic N) is 3. The molecule has 1 aromatic heterocycles. The number of sulfonamides is 1. The van der Waals surface area contributed by atoms with E-state index in [4.69, 9.17) is 16.3 Å². The highest BCUT2D eigenvalue weighted by atomic mass is 35.5. The summed E-state index contributed by atoms with van der Waals surface area (Å²) < 4.78 is 58.5. The van der Waals surface area contributed by atoms with Crippen molar-refractivity contribution in [1.29, 1.82) is 0 Å². The van der Waals surface area contributed by atoms with Crippen LogP contribution in [-0.4, -0.2) is 81.2 Å². The van der Waals surface area contributed by atoms with E-state index in [0.717, 1.165) is 43.1 Å². The smallest absolute Gasteiger partial charge is 0.229 e. The maximum atomic E-state index is 13.3. The van der Waals surface area contributed by atoms with Crippen molar-refractivity contribution in [2.75, 3.05) is 50.4 Å². The second-order valence-corrected chi connectivity index (χ2v) is 12.1. The van der Waals surface area contributed by atoms with Gasteiger partial charge in [0.05, 0.1) is 31.3 Å². The van der Waals surface area contributed by atoms with Crippen molar-refractivity contribution in [3.63, 3.8) is 0 Å². The van der Waals surface area contributed by atoms with E-state index in [9.17, 15) is 17.2 Å². The van der Waals surface area contributed by atoms with E-state index in [1.165, 1.54) is 6.20 Å². The molecule has 3 N–H and O–H groups in total. The molecule has 2 aromatic rings. The zero-order valence-corrected chi connectivity index (χ0v) is 23.2. The zero-order chi connectivity index (χ0) is 27.3. The number of nitrogens with one attached hydrogen (secondary N) is 3. The molecule has 1 aromatic carbocycles. The first kappa shape index (κ1) is 28.7. The van der Waals surface area contributed by atoms with Crippen LogP contribution >= 0.6 is 11.6 Å². The third-order valence-corrected chi connectivity index (χ3v) is 8.18. The molecule has 1 aliphatic heterocycles. The van der Waals surface area contributed by atoms with Crippen molar-refractivity contribution >= 4 is 39.1 Å². The van der Waals surface area contributed by atoms with Crippen LogP contribution in [0.4, 0.5) is 26.2 Å². The number of hydrogen-bond donors (Lipinski definition) is 3. The topological polar surface area (TPSA) is 108 Å². The fourth-order valence-corrected chi connectivity index (χ4v) is 6.16. The van der Waals surface area contributed by atoms with Gasteiger partial charge < -0.3 is 15.4 Å². The minimum Gasteiger partial charge on any atom is -0.495 e. The summed E-state index contributed by atoms with van der Waals surface area (Å²) in [5, 5.41) is 6.85. The second-order valence-electron chi connectivity index (χ2n) is 9.87. The first-order chi connectivity index (χ1) is 18.2. The molecule has 2 atom stereocenters. The summed E-state index contributed by atoms with van der Waals surface area (Å²) in [6, 6.07) is 2.77. The van der Waals surface area contributed by atoms with Crippen LogP contribution in [0.2, 0.25) is 5.02 Å². The monoisotopic (exact) mass is 572 g/mol. The van der Waals surface area contributed by atoms with Gasteiger partial charge in [-0.2, -0.15) is 4.98 Å². The molecular formula is C25H35ClF2N6O3S. The lowest BCUT2D eigenvalue weighted by Gasteiger charge is -2.32. The average Bonchev–Trinajstić information content (AvgIpc) is 3.09. The third-order valence-electron chi connectivity index (χ3n) is 7.18. The molecule has 1 saturated carbocycles. The highest BCUT2D eigenvalue weighted by Crippen LogP contribution is 2.33. The van der Waals surface area contributed by atoms with Crippen LogP contribution in [0.3, 0.4) is 0 Å². The molecule has 0 bridgehead atoms. The third kappa shape index (κ3) is 7.22. The van der Waals surface area contributed by atoms with Crippen molar-refractivity contribution < 1.29 is 21.9 Å². The Labute approximate surface area is 227 Å². The molecule has 13 heteroatoms. The van der Waals surface area contributed by atoms with E-state index in [1.807, 2.05) is 17.0 Å². The summed E-state index contributed by atoms with van der Waals surface area (Å²) in [5.41, 5.74) is 2.80. The Morgan fingerprint density at radius 2 is 1.79 bits per heavy atom. The van der Waals surface area contributed by atoms with Gasteiger partial charge in [0.1, 0.15) is 24.1 Å². The number of anilines is 3. The minimum absolute atomic E-state index is 0.166. The van der Waals surface area contributed by atoms with Gasteiger partial charge in [-0.25, -0.2) is 26.9 Å². The van der Waals surface area contributed by atoms with E-state index in [-0.39, 0.29) is 12.1 Å². The van der Waals surface area contributed by atoms with Gasteiger partial charge in [-0.05, 0) is 48.9 Å². The molecule has 9 nitrogen and oxygen atoms in total. The first-order valence-electron chi connectivity index (χ1n) is 12.8. The number of aromatic nitrogens is 2. The molecule has 4 rings (SSSR count). The molecule has 2 aliphatic rings. The Balaban J connectivity index is 1.53. The Hall–Kier alpha value is -2.28. The summed E-state index contributed by atoms with van der Waals surface area (Å²) >= 11 is 6.40. The predicted molar refractivity (Wildman–Crippen MR) is 146 cm³/mol. The van der Waals surface area contributed by atoms with E-state index in [2.05, 4.69) is 25.3 Å². The van der Waals surface area contributed by atoms with Gasteiger partial charge in [-0.3, -0.25) is 4.90 Å². The van der Waals surface area contributed by atoms with E-state index < -0.39 is 29.4 Å². The van der Waals surface area contributed by atoms with Crippen LogP contribution in [0.25, 0.3) is 0 Å². The minimum atomic E-state index is -3.36. The van der Waals surface area contributed by atoms with Crippen LogP contribution < -0.4 is 20.1 Å². The molecule has 0 amide bonds. The van der Waals surface area contributed by atoms with Gasteiger partial charge in [0.2, 0.25) is 16.0 Å². The zero-order valence-electron chi connectivity index (χ0n) is 21.6. The summed E-state index contributed by atoms with van der Waals surface area (Å²) in [6.45, 7) is -0.279. The lowest BCUT2D eigenvalue weighted by atomic mass is 9.91. The molecule has 0 saturated heterocycles. The number of rotatable bonds is 10. The quantitative estimate of drug-likeness (QED) is 0.394. The molecule has 0 spiro atoms. The summed E-state index contributed by atoms with van der Waals surface area (Å²) in [4.78, 5) is 10.7. The molecule has 1 fully saturated rings. The lowest BCUT2D eigenvalue weighted by Crippen LogP contribution is -2.48. The largest absolute Gasteiger partial charge is 0.495 e. The van der Waals surface area contributed by atoms with Crippen LogP contribution in [0.15, 0.2) is 18.3 Å². The lowest BCUT2D eigenvalue weighted by molar-refractivity contribution is 0.144. The molecule has 210 valence electrons.